The number of benzene rings is 2. The van der Waals surface area contributed by atoms with E-state index in [1.807, 2.05) is 0 Å². The molecule has 1 saturated heterocycles. The lowest BCUT2D eigenvalue weighted by molar-refractivity contribution is -0.0544. The molecule has 2 aromatic carbocycles. The SMILES string of the molecule is c1ccc(CNCC[C@H]2CCC[C@@H](c3ccccc3)O2)cc1. The third kappa shape index (κ3) is 4.43. The van der Waals surface area contributed by atoms with Gasteiger partial charge < -0.3 is 10.1 Å². The Hall–Kier alpha value is -1.64. The molecule has 2 heteroatoms. The highest BCUT2D eigenvalue weighted by Gasteiger charge is 2.22. The van der Waals surface area contributed by atoms with Gasteiger partial charge >= 0.3 is 0 Å². The van der Waals surface area contributed by atoms with E-state index in [-0.39, 0.29) is 6.10 Å². The molecule has 0 aliphatic carbocycles. The van der Waals surface area contributed by atoms with Crippen LogP contribution in [0.2, 0.25) is 0 Å². The van der Waals surface area contributed by atoms with Crippen LogP contribution in [0.4, 0.5) is 0 Å². The molecule has 1 aliphatic rings. The lowest BCUT2D eigenvalue weighted by Crippen LogP contribution is -2.27. The van der Waals surface area contributed by atoms with Crippen LogP contribution in [0.15, 0.2) is 60.7 Å². The van der Waals surface area contributed by atoms with Gasteiger partial charge in [-0.05, 0) is 43.4 Å². The maximum Gasteiger partial charge on any atom is 0.0828 e. The zero-order valence-electron chi connectivity index (χ0n) is 13.1. The van der Waals surface area contributed by atoms with Crippen molar-refractivity contribution in [3.8, 4) is 0 Å². The van der Waals surface area contributed by atoms with Crippen LogP contribution in [0.3, 0.4) is 0 Å². The van der Waals surface area contributed by atoms with E-state index in [0.29, 0.717) is 6.10 Å². The predicted octanol–water partition coefficient (Wildman–Crippen LogP) is 4.48. The predicted molar refractivity (Wildman–Crippen MR) is 90.7 cm³/mol. The Balaban J connectivity index is 1.41. The second-order valence-corrected chi connectivity index (χ2v) is 6.04. The summed E-state index contributed by atoms with van der Waals surface area (Å²) >= 11 is 0. The number of hydrogen-bond donors (Lipinski definition) is 1. The van der Waals surface area contributed by atoms with E-state index in [0.717, 1.165) is 25.9 Å². The molecule has 0 aromatic heterocycles. The molecule has 0 saturated carbocycles. The molecule has 1 N–H and O–H groups in total. The second kappa shape index (κ2) is 8.11. The maximum absolute atomic E-state index is 6.28. The molecular weight excluding hydrogens is 270 g/mol. The van der Waals surface area contributed by atoms with Crippen LogP contribution in [0, 0.1) is 0 Å². The van der Waals surface area contributed by atoms with Crippen molar-refractivity contribution in [3.05, 3.63) is 71.8 Å². The first-order valence-electron chi connectivity index (χ1n) is 8.37. The monoisotopic (exact) mass is 295 g/mol. The van der Waals surface area contributed by atoms with Crippen molar-refractivity contribution in [2.24, 2.45) is 0 Å². The van der Waals surface area contributed by atoms with Gasteiger partial charge in [0.15, 0.2) is 0 Å². The van der Waals surface area contributed by atoms with Crippen molar-refractivity contribution >= 4 is 0 Å². The molecule has 1 heterocycles. The summed E-state index contributed by atoms with van der Waals surface area (Å²) in [7, 11) is 0. The Morgan fingerprint density at radius 1 is 0.909 bits per heavy atom. The molecule has 116 valence electrons. The van der Waals surface area contributed by atoms with Crippen LogP contribution in [0.5, 0.6) is 0 Å². The van der Waals surface area contributed by atoms with Crippen LogP contribution < -0.4 is 5.32 Å². The Morgan fingerprint density at radius 3 is 2.41 bits per heavy atom. The molecule has 2 atom stereocenters. The van der Waals surface area contributed by atoms with E-state index < -0.39 is 0 Å². The van der Waals surface area contributed by atoms with Gasteiger partial charge in [-0.15, -0.1) is 0 Å². The first-order chi connectivity index (χ1) is 10.9. The van der Waals surface area contributed by atoms with Crippen molar-refractivity contribution in [2.45, 2.75) is 44.4 Å². The average Bonchev–Trinajstić information content (AvgIpc) is 2.61. The molecule has 3 rings (SSSR count). The topological polar surface area (TPSA) is 21.3 Å². The van der Waals surface area contributed by atoms with Crippen molar-refractivity contribution in [2.75, 3.05) is 6.54 Å². The highest BCUT2D eigenvalue weighted by Crippen LogP contribution is 2.31. The van der Waals surface area contributed by atoms with Gasteiger partial charge in [-0.3, -0.25) is 0 Å². The number of rotatable bonds is 6. The van der Waals surface area contributed by atoms with Crippen molar-refractivity contribution in [1.29, 1.82) is 0 Å². The fraction of sp³-hybridized carbons (Fsp3) is 0.400. The van der Waals surface area contributed by atoms with Gasteiger partial charge in [-0.25, -0.2) is 0 Å². The lowest BCUT2D eigenvalue weighted by atomic mass is 9.97. The minimum Gasteiger partial charge on any atom is -0.370 e. The highest BCUT2D eigenvalue weighted by atomic mass is 16.5. The molecule has 1 aliphatic heterocycles. The van der Waals surface area contributed by atoms with E-state index in [9.17, 15) is 0 Å². The van der Waals surface area contributed by atoms with E-state index in [1.54, 1.807) is 0 Å². The molecule has 2 nitrogen and oxygen atoms in total. The second-order valence-electron chi connectivity index (χ2n) is 6.04. The minimum atomic E-state index is 0.286. The van der Waals surface area contributed by atoms with Gasteiger partial charge in [0.2, 0.25) is 0 Å². The van der Waals surface area contributed by atoms with Gasteiger partial charge in [0.25, 0.3) is 0 Å². The normalized spacial score (nSPS) is 21.6. The van der Waals surface area contributed by atoms with Crippen LogP contribution in [0.1, 0.15) is 42.9 Å². The summed E-state index contributed by atoms with van der Waals surface area (Å²) in [6.07, 6.45) is 5.38. The average molecular weight is 295 g/mol. The summed E-state index contributed by atoms with van der Waals surface area (Å²) < 4.78 is 6.28. The van der Waals surface area contributed by atoms with E-state index >= 15 is 0 Å². The molecule has 0 amide bonds. The Labute approximate surface area is 133 Å². The molecule has 0 spiro atoms. The van der Waals surface area contributed by atoms with Gasteiger partial charge in [-0.2, -0.15) is 0 Å². The fourth-order valence-corrected chi connectivity index (χ4v) is 3.12. The number of ether oxygens (including phenoxy) is 1. The quantitative estimate of drug-likeness (QED) is 0.794. The summed E-state index contributed by atoms with van der Waals surface area (Å²) in [5.74, 6) is 0. The Kier molecular flexibility index (Phi) is 5.63. The smallest absolute Gasteiger partial charge is 0.0828 e. The van der Waals surface area contributed by atoms with Gasteiger partial charge in [0.05, 0.1) is 12.2 Å². The summed E-state index contributed by atoms with van der Waals surface area (Å²) in [6, 6.07) is 21.2. The molecule has 0 radical (unpaired) electrons. The summed E-state index contributed by atoms with van der Waals surface area (Å²) in [6.45, 7) is 1.96. The Morgan fingerprint density at radius 2 is 1.64 bits per heavy atom. The van der Waals surface area contributed by atoms with Crippen LogP contribution in [-0.2, 0) is 11.3 Å². The fourth-order valence-electron chi connectivity index (χ4n) is 3.12. The standard InChI is InChI=1S/C20H25NO/c1-3-8-17(9-4-1)16-21-15-14-19-12-7-13-20(22-19)18-10-5-2-6-11-18/h1-6,8-11,19-21H,7,12-16H2/t19-,20+/m1/s1. The van der Waals surface area contributed by atoms with Crippen LogP contribution in [0.25, 0.3) is 0 Å². The van der Waals surface area contributed by atoms with Crippen LogP contribution in [-0.4, -0.2) is 12.6 Å². The molecule has 1 fully saturated rings. The van der Waals surface area contributed by atoms with E-state index in [4.69, 9.17) is 4.74 Å². The third-order valence-electron chi connectivity index (χ3n) is 4.34. The Bertz CT molecular complexity index is 540. The molecule has 22 heavy (non-hydrogen) atoms. The number of nitrogens with one attached hydrogen (secondary N) is 1. The van der Waals surface area contributed by atoms with Crippen molar-refractivity contribution in [3.63, 3.8) is 0 Å². The summed E-state index contributed by atoms with van der Waals surface area (Å²) in [5, 5.41) is 3.52. The van der Waals surface area contributed by atoms with Crippen molar-refractivity contribution in [1.82, 2.24) is 5.32 Å². The van der Waals surface area contributed by atoms with Gasteiger partial charge in [-0.1, -0.05) is 60.7 Å². The molecular formula is C20H25NO. The minimum absolute atomic E-state index is 0.286. The van der Waals surface area contributed by atoms with Crippen molar-refractivity contribution < 1.29 is 4.74 Å². The third-order valence-corrected chi connectivity index (χ3v) is 4.34. The lowest BCUT2D eigenvalue weighted by Gasteiger charge is -2.30. The number of hydrogen-bond acceptors (Lipinski definition) is 2. The highest BCUT2D eigenvalue weighted by molar-refractivity contribution is 5.18. The molecule has 0 unspecified atom stereocenters. The van der Waals surface area contributed by atoms with E-state index in [2.05, 4.69) is 66.0 Å². The first-order valence-corrected chi connectivity index (χ1v) is 8.37. The largest absolute Gasteiger partial charge is 0.370 e. The first kappa shape index (κ1) is 15.3. The zero-order chi connectivity index (χ0) is 15.0. The van der Waals surface area contributed by atoms with Gasteiger partial charge in [0.1, 0.15) is 0 Å². The maximum atomic E-state index is 6.28. The zero-order valence-corrected chi connectivity index (χ0v) is 13.1. The molecule has 0 bridgehead atoms. The van der Waals surface area contributed by atoms with Gasteiger partial charge in [0, 0.05) is 6.54 Å². The summed E-state index contributed by atoms with van der Waals surface area (Å²) in [5.41, 5.74) is 2.67. The van der Waals surface area contributed by atoms with Crippen LogP contribution >= 0.6 is 0 Å². The summed E-state index contributed by atoms with van der Waals surface area (Å²) in [4.78, 5) is 0. The van der Waals surface area contributed by atoms with E-state index in [1.165, 1.54) is 24.0 Å². The molecule has 2 aromatic rings.